The number of ether oxygens (including phenoxy) is 2. The highest BCUT2D eigenvalue weighted by Crippen LogP contribution is 2.25. The van der Waals surface area contributed by atoms with Crippen LogP contribution in [0.5, 0.6) is 0 Å². The van der Waals surface area contributed by atoms with E-state index in [1.807, 2.05) is 29.9 Å². The second-order valence-corrected chi connectivity index (χ2v) is 10.4. The number of nitrogens with one attached hydrogen (secondary N) is 2. The molecule has 1 aliphatic heterocycles. The van der Waals surface area contributed by atoms with E-state index in [-0.39, 0.29) is 6.09 Å². The van der Waals surface area contributed by atoms with Gasteiger partial charge in [0.2, 0.25) is 5.82 Å². The van der Waals surface area contributed by atoms with Crippen LogP contribution in [0.1, 0.15) is 57.8 Å². The van der Waals surface area contributed by atoms with Crippen molar-refractivity contribution in [2.75, 3.05) is 32.1 Å². The molecule has 0 spiro atoms. The fraction of sp³-hybridized carbons (Fsp3) is 0.552. The number of piperidine rings is 1. The van der Waals surface area contributed by atoms with Crippen molar-refractivity contribution in [3.05, 3.63) is 36.2 Å². The average Bonchev–Trinajstić information content (AvgIpc) is 3.60. The molecule has 226 valence electrons. The van der Waals surface area contributed by atoms with Crippen molar-refractivity contribution >= 4 is 29.0 Å². The quantitative estimate of drug-likeness (QED) is 0.307. The Bertz CT molecular complexity index is 1430. The van der Waals surface area contributed by atoms with Crippen molar-refractivity contribution < 1.29 is 24.2 Å². The van der Waals surface area contributed by atoms with Crippen molar-refractivity contribution in [1.82, 2.24) is 34.3 Å². The van der Waals surface area contributed by atoms with Crippen LogP contribution in [0.2, 0.25) is 0 Å². The summed E-state index contributed by atoms with van der Waals surface area (Å²) in [6.45, 7) is 7.31. The molecular weight excluding hydrogens is 540 g/mol. The SMILES string of the molecule is CCNC(=O)[C@@H](O[C@H](C)n1cnc2c(NCc3cccn3C)nc(C#CCC3CCN(C(=O)OC)CC3)nc21)C(C)O. The number of nitrogens with zero attached hydrogens (tertiary/aromatic N) is 6. The number of hydrogen-bond donors (Lipinski definition) is 3. The summed E-state index contributed by atoms with van der Waals surface area (Å²) >= 11 is 0. The van der Waals surface area contributed by atoms with Gasteiger partial charge in [0.15, 0.2) is 23.1 Å². The van der Waals surface area contributed by atoms with Crippen molar-refractivity contribution in [2.24, 2.45) is 13.0 Å². The van der Waals surface area contributed by atoms with E-state index >= 15 is 0 Å². The minimum atomic E-state index is -1.07. The molecule has 0 aromatic carbocycles. The molecule has 13 heteroatoms. The highest BCUT2D eigenvalue weighted by Gasteiger charge is 2.28. The zero-order valence-corrected chi connectivity index (χ0v) is 24.8. The monoisotopic (exact) mass is 580 g/mol. The number of aromatic nitrogens is 5. The molecule has 3 N–H and O–H groups in total. The Balaban J connectivity index is 1.58. The fourth-order valence-corrected chi connectivity index (χ4v) is 4.89. The number of methoxy groups -OCH3 is 1. The molecule has 0 saturated carbocycles. The van der Waals surface area contributed by atoms with Crippen LogP contribution in [0.3, 0.4) is 0 Å². The lowest BCUT2D eigenvalue weighted by Crippen LogP contribution is -2.43. The Hall–Kier alpha value is -4.15. The predicted octanol–water partition coefficient (Wildman–Crippen LogP) is 2.42. The number of amides is 2. The second kappa shape index (κ2) is 14.2. The molecule has 42 heavy (non-hydrogen) atoms. The molecule has 1 saturated heterocycles. The highest BCUT2D eigenvalue weighted by atomic mass is 16.5. The Morgan fingerprint density at radius 2 is 2.00 bits per heavy atom. The third-order valence-electron chi connectivity index (χ3n) is 7.33. The van der Waals surface area contributed by atoms with Gasteiger partial charge in [-0.15, -0.1) is 0 Å². The molecule has 2 amide bonds. The summed E-state index contributed by atoms with van der Waals surface area (Å²) in [4.78, 5) is 39.9. The van der Waals surface area contributed by atoms with Crippen LogP contribution in [0.15, 0.2) is 24.7 Å². The average molecular weight is 581 g/mol. The smallest absolute Gasteiger partial charge is 0.409 e. The fourth-order valence-electron chi connectivity index (χ4n) is 4.89. The van der Waals surface area contributed by atoms with Gasteiger partial charge in [0, 0.05) is 45.0 Å². The Labute approximate surface area is 245 Å². The van der Waals surface area contributed by atoms with Crippen LogP contribution < -0.4 is 10.6 Å². The Morgan fingerprint density at radius 1 is 1.24 bits per heavy atom. The van der Waals surface area contributed by atoms with Crippen LogP contribution in [0, 0.1) is 17.8 Å². The van der Waals surface area contributed by atoms with Crippen molar-refractivity contribution in [2.45, 2.75) is 65.0 Å². The van der Waals surface area contributed by atoms with Crippen molar-refractivity contribution in [3.63, 3.8) is 0 Å². The van der Waals surface area contributed by atoms with Gasteiger partial charge in [-0.3, -0.25) is 9.36 Å². The normalized spacial score (nSPS) is 15.9. The minimum Gasteiger partial charge on any atom is -0.453 e. The van der Waals surface area contributed by atoms with Gasteiger partial charge < -0.3 is 34.7 Å². The van der Waals surface area contributed by atoms with Crippen LogP contribution in [0.25, 0.3) is 11.2 Å². The number of likely N-dealkylation sites (N-methyl/N-ethyl adjacent to an activating group) is 1. The molecule has 0 bridgehead atoms. The number of imidazole rings is 1. The minimum absolute atomic E-state index is 0.294. The van der Waals surface area contributed by atoms with Crippen LogP contribution in [-0.4, -0.2) is 85.0 Å². The molecule has 0 aliphatic carbocycles. The number of carbonyl (C=O) groups is 2. The number of hydrogen-bond acceptors (Lipinski definition) is 9. The van der Waals surface area contributed by atoms with Gasteiger partial charge in [-0.2, -0.15) is 0 Å². The van der Waals surface area contributed by atoms with Crippen LogP contribution in [-0.2, 0) is 27.9 Å². The maximum atomic E-state index is 12.5. The van der Waals surface area contributed by atoms with Gasteiger partial charge in [0.1, 0.15) is 6.23 Å². The Kier molecular flexibility index (Phi) is 10.4. The molecule has 1 fully saturated rings. The van der Waals surface area contributed by atoms with E-state index in [1.165, 1.54) is 14.0 Å². The number of aliphatic hydroxyl groups excluding tert-OH is 1. The van der Waals surface area contributed by atoms with Gasteiger partial charge in [0.05, 0.1) is 26.1 Å². The van der Waals surface area contributed by atoms with Gasteiger partial charge in [-0.05, 0) is 57.6 Å². The van der Waals surface area contributed by atoms with E-state index in [0.717, 1.165) is 18.5 Å². The molecular formula is C29H40N8O5. The zero-order valence-electron chi connectivity index (χ0n) is 24.8. The first-order chi connectivity index (χ1) is 20.2. The molecule has 4 heterocycles. The molecule has 1 unspecified atom stereocenters. The lowest BCUT2D eigenvalue weighted by molar-refractivity contribution is -0.150. The summed E-state index contributed by atoms with van der Waals surface area (Å²) in [7, 11) is 3.37. The van der Waals surface area contributed by atoms with E-state index in [4.69, 9.17) is 14.5 Å². The predicted molar refractivity (Wildman–Crippen MR) is 156 cm³/mol. The third-order valence-corrected chi connectivity index (χ3v) is 7.33. The Morgan fingerprint density at radius 3 is 2.64 bits per heavy atom. The standard InChI is InChI=1S/C29H40N8O5/c1-6-30-28(39)25(19(2)38)42-20(3)37-18-32-24-26(31-17-22-10-8-14-35(22)4)33-23(34-27(24)37)11-7-9-21-12-15-36(16-13-21)29(40)41-5/h8,10,14,18-21,25,38H,6,9,12-13,15-17H2,1-5H3,(H,30,39)(H,31,33,34)/t19?,20-,25+/m1/s1. The van der Waals surface area contributed by atoms with Gasteiger partial charge >= 0.3 is 6.09 Å². The largest absolute Gasteiger partial charge is 0.453 e. The lowest BCUT2D eigenvalue weighted by atomic mass is 9.94. The molecule has 3 aromatic heterocycles. The number of aliphatic hydroxyl groups is 1. The summed E-state index contributed by atoms with van der Waals surface area (Å²) in [5.74, 6) is 7.17. The summed E-state index contributed by atoms with van der Waals surface area (Å²) in [6.07, 6.45) is 2.86. The lowest BCUT2D eigenvalue weighted by Gasteiger charge is -2.29. The number of aryl methyl sites for hydroxylation is 1. The van der Waals surface area contributed by atoms with E-state index < -0.39 is 24.3 Å². The second-order valence-electron chi connectivity index (χ2n) is 10.4. The topological polar surface area (TPSA) is 149 Å². The molecule has 13 nitrogen and oxygen atoms in total. The first-order valence-electron chi connectivity index (χ1n) is 14.2. The van der Waals surface area contributed by atoms with Crippen LogP contribution >= 0.6 is 0 Å². The first kappa shape index (κ1) is 30.8. The maximum Gasteiger partial charge on any atom is 0.409 e. The number of rotatable bonds is 10. The summed E-state index contributed by atoms with van der Waals surface area (Å²) in [5, 5.41) is 16.3. The van der Waals surface area contributed by atoms with Gasteiger partial charge in [-0.25, -0.2) is 19.7 Å². The number of anilines is 1. The van der Waals surface area contributed by atoms with Crippen LogP contribution in [0.4, 0.5) is 10.6 Å². The van der Waals surface area contributed by atoms with Crippen molar-refractivity contribution in [3.8, 4) is 11.8 Å². The summed E-state index contributed by atoms with van der Waals surface area (Å²) < 4.78 is 14.5. The van der Waals surface area contributed by atoms with E-state index in [1.54, 1.807) is 29.6 Å². The van der Waals surface area contributed by atoms with Gasteiger partial charge in [-0.1, -0.05) is 5.92 Å². The molecule has 0 radical (unpaired) electrons. The molecule has 1 aliphatic rings. The molecule has 3 atom stereocenters. The maximum absolute atomic E-state index is 12.5. The number of carbonyl (C=O) groups excluding carboxylic acids is 2. The third kappa shape index (κ3) is 7.37. The van der Waals surface area contributed by atoms with E-state index in [0.29, 0.717) is 61.3 Å². The first-order valence-corrected chi connectivity index (χ1v) is 14.2. The zero-order chi connectivity index (χ0) is 30.2. The highest BCUT2D eigenvalue weighted by molar-refractivity contribution is 5.83. The summed E-state index contributed by atoms with van der Waals surface area (Å²) in [5.41, 5.74) is 2.08. The van der Waals surface area contributed by atoms with E-state index in [2.05, 4.69) is 32.4 Å². The van der Waals surface area contributed by atoms with E-state index in [9.17, 15) is 14.7 Å². The van der Waals surface area contributed by atoms with Crippen molar-refractivity contribution in [1.29, 1.82) is 0 Å². The molecule has 3 aromatic rings. The van der Waals surface area contributed by atoms with Gasteiger partial charge in [0.25, 0.3) is 5.91 Å². The number of likely N-dealkylation sites (tertiary alicyclic amines) is 1. The molecule has 4 rings (SSSR count). The number of fused-ring (bicyclic) bond motifs is 1. The summed E-state index contributed by atoms with van der Waals surface area (Å²) in [6, 6.07) is 3.99.